The number of aryl methyl sites for hydroxylation is 1. The van der Waals surface area contributed by atoms with Gasteiger partial charge in [0.2, 0.25) is 0 Å². The molecule has 59 heavy (non-hydrogen) atoms. The van der Waals surface area contributed by atoms with Gasteiger partial charge in [-0.2, -0.15) is 0 Å². The first kappa shape index (κ1) is 52.3. The predicted molar refractivity (Wildman–Crippen MR) is 255 cm³/mol. The second kappa shape index (κ2) is 21.1. The summed E-state index contributed by atoms with van der Waals surface area (Å²) in [5, 5.41) is 4.39. The number of aromatic nitrogens is 2. The van der Waals surface area contributed by atoms with Crippen molar-refractivity contribution in [1.29, 1.82) is 0 Å². The van der Waals surface area contributed by atoms with Crippen LogP contribution in [0.2, 0.25) is 54.4 Å². The molecule has 2 aliphatic rings. The Morgan fingerprint density at radius 3 is 2.02 bits per heavy atom. The monoisotopic (exact) mass is 894 g/mol. The molecule has 3 heterocycles. The van der Waals surface area contributed by atoms with E-state index in [2.05, 4.69) is 124 Å². The molecular formula is C46H87N3O6SSi3. The molecule has 3 rings (SSSR count). The van der Waals surface area contributed by atoms with E-state index in [1.54, 1.807) is 0 Å². The molecule has 0 saturated carbocycles. The second-order valence-corrected chi connectivity index (χ2v) is 35.7. The average molecular weight is 895 g/mol. The fourth-order valence-electron chi connectivity index (χ4n) is 9.44. The number of fused-ring (bicyclic) bond motifs is 1. The van der Waals surface area contributed by atoms with E-state index in [1.807, 2.05) is 20.8 Å². The molecular weight excluding hydrogens is 807 g/mol. The summed E-state index contributed by atoms with van der Waals surface area (Å²) in [6.07, 6.45) is 4.54. The van der Waals surface area contributed by atoms with Crippen LogP contribution in [0.4, 0.5) is 0 Å². The van der Waals surface area contributed by atoms with Crippen LogP contribution in [0.25, 0.3) is 6.08 Å². The van der Waals surface area contributed by atoms with Crippen molar-refractivity contribution in [2.45, 2.75) is 227 Å². The normalized spacial score (nSPS) is 29.6. The molecule has 1 aromatic rings. The molecule has 2 fully saturated rings. The number of nitrogens with zero attached hydrogens (tertiary/aromatic N) is 3. The third kappa shape index (κ3) is 12.4. The highest BCUT2D eigenvalue weighted by Crippen LogP contribution is 2.49. The molecule has 2 aliphatic heterocycles. The van der Waals surface area contributed by atoms with E-state index in [9.17, 15) is 4.79 Å². The maximum atomic E-state index is 15.2. The number of Topliss-reactive ketones (excluding diaryl/α,β-unsaturated/α-hetero) is 1. The van der Waals surface area contributed by atoms with Gasteiger partial charge in [-0.25, -0.2) is 0 Å². The lowest BCUT2D eigenvalue weighted by molar-refractivity contribution is -0.153. The van der Waals surface area contributed by atoms with Crippen molar-refractivity contribution >= 4 is 54.3 Å². The smallest absolute Gasteiger partial charge is 0.309 e. The van der Waals surface area contributed by atoms with Crippen molar-refractivity contribution < 1.29 is 27.6 Å². The van der Waals surface area contributed by atoms with E-state index in [-0.39, 0.29) is 52.7 Å². The van der Waals surface area contributed by atoms with Gasteiger partial charge >= 0.3 is 5.97 Å². The number of hydrogen-bond donors (Lipinski definition) is 0. The van der Waals surface area contributed by atoms with Gasteiger partial charge in [-0.3, -0.25) is 14.5 Å². The van der Waals surface area contributed by atoms with E-state index in [1.165, 1.54) is 11.5 Å². The Balaban J connectivity index is 2.17. The maximum absolute atomic E-state index is 15.2. The van der Waals surface area contributed by atoms with Gasteiger partial charge in [0.1, 0.15) is 11.9 Å². The summed E-state index contributed by atoms with van der Waals surface area (Å²) < 4.78 is 32.2. The van der Waals surface area contributed by atoms with E-state index in [4.69, 9.17) is 18.0 Å². The van der Waals surface area contributed by atoms with Crippen molar-refractivity contribution in [1.82, 2.24) is 14.5 Å². The number of cyclic esters (lactones) is 1. The Morgan fingerprint density at radius 2 is 1.51 bits per heavy atom. The number of hydrogen-bond acceptors (Lipinski definition) is 10. The molecule has 0 aromatic carbocycles. The Hall–Kier alpha value is -1.07. The molecule has 1 unspecified atom stereocenters. The Morgan fingerprint density at radius 1 is 0.949 bits per heavy atom. The van der Waals surface area contributed by atoms with Crippen LogP contribution in [0.3, 0.4) is 0 Å². The van der Waals surface area contributed by atoms with Gasteiger partial charge in [-0.1, -0.05) is 101 Å². The maximum Gasteiger partial charge on any atom is 0.309 e. The van der Waals surface area contributed by atoms with Crippen molar-refractivity contribution in [3.05, 3.63) is 16.1 Å². The first-order valence-corrected chi connectivity index (χ1v) is 32.1. The van der Waals surface area contributed by atoms with Crippen molar-refractivity contribution in [2.24, 2.45) is 17.3 Å². The van der Waals surface area contributed by atoms with Gasteiger partial charge in [-0.05, 0) is 117 Å². The van der Waals surface area contributed by atoms with E-state index in [0.29, 0.717) is 13.0 Å². The number of carbonyl (C=O) groups is 2. The average Bonchev–Trinajstić information content (AvgIpc) is 3.48. The van der Waals surface area contributed by atoms with Gasteiger partial charge in [0, 0.05) is 42.5 Å². The largest absolute Gasteiger partial charge is 0.458 e. The van der Waals surface area contributed by atoms with Crippen LogP contribution in [0.15, 0.2) is 5.57 Å². The second-order valence-electron chi connectivity index (χ2n) is 20.6. The number of esters is 1. The lowest BCUT2D eigenvalue weighted by atomic mass is 9.73. The first-order chi connectivity index (χ1) is 27.4. The molecule has 0 N–H and O–H groups in total. The molecule has 0 radical (unpaired) electrons. The third-order valence-corrected chi connectivity index (χ3v) is 30.4. The molecule has 0 aliphatic carbocycles. The van der Waals surface area contributed by atoms with E-state index >= 15 is 4.79 Å². The fourth-order valence-corrected chi connectivity index (χ4v) is 17.1. The zero-order valence-corrected chi connectivity index (χ0v) is 44.7. The molecule has 2 saturated heterocycles. The minimum Gasteiger partial charge on any atom is -0.458 e. The topological polar surface area (TPSA) is 99.9 Å². The molecule has 0 bridgehead atoms. The van der Waals surface area contributed by atoms with Crippen LogP contribution < -0.4 is 0 Å². The lowest BCUT2D eigenvalue weighted by Crippen LogP contribution is -2.53. The van der Waals surface area contributed by atoms with Gasteiger partial charge in [-0.15, -0.1) is 5.10 Å². The number of ketones is 1. The van der Waals surface area contributed by atoms with Gasteiger partial charge < -0.3 is 18.0 Å². The minimum absolute atomic E-state index is 0.0236. The van der Waals surface area contributed by atoms with Crippen molar-refractivity contribution in [2.75, 3.05) is 13.2 Å². The highest BCUT2D eigenvalue weighted by molar-refractivity contribution is 7.06. The first-order valence-electron chi connectivity index (χ1n) is 23.3. The van der Waals surface area contributed by atoms with Crippen LogP contribution in [0.1, 0.15) is 147 Å². The van der Waals surface area contributed by atoms with Gasteiger partial charge in [0.15, 0.2) is 25.0 Å². The predicted octanol–water partition coefficient (Wildman–Crippen LogP) is 12.2. The summed E-state index contributed by atoms with van der Waals surface area (Å²) in [7, 11) is -6.27. The van der Waals surface area contributed by atoms with Gasteiger partial charge in [0.25, 0.3) is 0 Å². The molecule has 0 spiro atoms. The molecule has 9 nitrogen and oxygen atoms in total. The van der Waals surface area contributed by atoms with E-state index in [0.717, 1.165) is 78.2 Å². The third-order valence-electron chi connectivity index (χ3n) is 15.8. The summed E-state index contributed by atoms with van der Waals surface area (Å²) in [5.74, 6) is -0.349. The minimum atomic E-state index is -2.26. The van der Waals surface area contributed by atoms with Crippen molar-refractivity contribution in [3.63, 3.8) is 0 Å². The Labute approximate surface area is 368 Å². The van der Waals surface area contributed by atoms with Crippen LogP contribution in [0.5, 0.6) is 0 Å². The zero-order chi connectivity index (χ0) is 44.8. The standard InChI is InChI=1S/C46H87N3O6SSi3/c1-19-58(20-2,21-3)54-40-32-41(50)53-37(34(8)30-38-36(10)47-48-56-38)31-39-46(16,49(39)28-29-52-57(17,18)44(11,12)13)27-25-26-33(7)42(35(9)43(51)45(40,14)15)55-59(22-4,23-5)24-6/h30,33,35,37,39-40,42H,19-29,31-32H2,1-18H3/b34-30+/t33-,35+,37-,39-,40-,42-,46+,49?/m0/s1. The summed E-state index contributed by atoms with van der Waals surface area (Å²) in [6, 6.07) is 6.08. The van der Waals surface area contributed by atoms with Crippen LogP contribution in [-0.2, 0) is 27.6 Å². The number of carbonyl (C=O) groups excluding carboxylic acids is 2. The molecule has 1 aromatic heterocycles. The molecule has 0 amide bonds. The highest BCUT2D eigenvalue weighted by Gasteiger charge is 2.59. The molecule has 340 valence electrons. The van der Waals surface area contributed by atoms with Crippen LogP contribution in [0, 0.1) is 24.2 Å². The van der Waals surface area contributed by atoms with Crippen LogP contribution in [-0.4, -0.2) is 94.2 Å². The summed E-state index contributed by atoms with van der Waals surface area (Å²) in [4.78, 5) is 33.3. The summed E-state index contributed by atoms with van der Waals surface area (Å²) in [5.41, 5.74) is 0.830. The van der Waals surface area contributed by atoms with E-state index < -0.39 is 42.6 Å². The van der Waals surface area contributed by atoms with Gasteiger partial charge in [0.05, 0.1) is 29.2 Å². The highest BCUT2D eigenvalue weighted by atomic mass is 32.1. The SMILES string of the molecule is CC[Si](CC)(CC)O[C@H]1[C@@H](C)CCC[C@]2(C)[C@H](C[C@@H](/C(C)=C/c3snnc3C)OC(=O)C[C@H](O[Si](CC)(CC)CC)C(C)(C)C(=O)[C@@H]1C)N2CCO[Si](C)(C)C(C)(C)C. The van der Waals surface area contributed by atoms with Crippen molar-refractivity contribution in [3.8, 4) is 0 Å². The number of ether oxygens (including phenoxy) is 1. The fraction of sp³-hybridized carbons (Fsp3) is 0.870. The summed E-state index contributed by atoms with van der Waals surface area (Å²) in [6.45, 7) is 41.3. The number of rotatable bonds is 16. The Bertz CT molecular complexity index is 1540. The quantitative estimate of drug-likeness (QED) is 0.0912. The van der Waals surface area contributed by atoms with Crippen LogP contribution >= 0.6 is 11.5 Å². The molecule has 13 heteroatoms. The Kier molecular flexibility index (Phi) is 18.7. The zero-order valence-electron chi connectivity index (χ0n) is 40.9. The lowest BCUT2D eigenvalue weighted by Gasteiger charge is -2.44. The molecule has 8 atom stereocenters. The summed E-state index contributed by atoms with van der Waals surface area (Å²) >= 11 is 1.36.